The van der Waals surface area contributed by atoms with E-state index in [0.29, 0.717) is 16.5 Å². The Kier molecular flexibility index (Phi) is 5.09. The fourth-order valence-corrected chi connectivity index (χ4v) is 6.28. The largest absolute Gasteiger partial charge is 0.378 e. The van der Waals surface area contributed by atoms with Crippen molar-refractivity contribution in [2.24, 2.45) is 5.92 Å². The summed E-state index contributed by atoms with van der Waals surface area (Å²) in [6.07, 6.45) is 5.45. The summed E-state index contributed by atoms with van der Waals surface area (Å²) in [6.45, 7) is 6.07. The molecule has 4 nitrogen and oxygen atoms in total. The Bertz CT molecular complexity index is 1330. The second-order valence-corrected chi connectivity index (χ2v) is 10.7. The van der Waals surface area contributed by atoms with Crippen molar-refractivity contribution in [3.05, 3.63) is 101 Å². The molecule has 0 aromatic heterocycles. The van der Waals surface area contributed by atoms with Crippen LogP contribution in [0, 0.1) is 26.7 Å². The first-order valence-corrected chi connectivity index (χ1v) is 12.5. The molecular weight excluding hydrogens is 416 g/mol. The first-order chi connectivity index (χ1) is 15.3. The summed E-state index contributed by atoms with van der Waals surface area (Å²) in [4.78, 5) is 0.298. The number of hydrogen-bond donors (Lipinski definition) is 2. The van der Waals surface area contributed by atoms with Gasteiger partial charge in [-0.1, -0.05) is 54.1 Å². The van der Waals surface area contributed by atoms with E-state index >= 15 is 0 Å². The summed E-state index contributed by atoms with van der Waals surface area (Å²) in [5.41, 5.74) is 7.28. The standard InChI is InChI=1S/C27H28N2O2S/c1-17-11-13-25(19(3)15-17)29-32(30,31)20-12-14-26-24(16-20)22-9-6-10-23(22)27(28-26)21-8-5-4-7-18(21)2/h4-9,11-16,22-23,27-29H,10H2,1-3H3. The van der Waals surface area contributed by atoms with Crippen LogP contribution < -0.4 is 10.0 Å². The summed E-state index contributed by atoms with van der Waals surface area (Å²) in [6, 6.07) is 19.9. The maximum absolute atomic E-state index is 13.2. The van der Waals surface area contributed by atoms with Crippen molar-refractivity contribution >= 4 is 21.4 Å². The van der Waals surface area contributed by atoms with Gasteiger partial charge in [0.25, 0.3) is 10.0 Å². The van der Waals surface area contributed by atoms with Gasteiger partial charge < -0.3 is 5.32 Å². The van der Waals surface area contributed by atoms with Crippen LogP contribution >= 0.6 is 0 Å². The minimum absolute atomic E-state index is 0.201. The minimum atomic E-state index is -3.69. The van der Waals surface area contributed by atoms with E-state index in [4.69, 9.17) is 0 Å². The monoisotopic (exact) mass is 444 g/mol. The first kappa shape index (κ1) is 20.8. The normalized spacial score (nSPS) is 21.5. The zero-order chi connectivity index (χ0) is 22.5. The van der Waals surface area contributed by atoms with E-state index in [1.165, 1.54) is 11.1 Å². The van der Waals surface area contributed by atoms with E-state index < -0.39 is 10.0 Å². The first-order valence-electron chi connectivity index (χ1n) is 11.1. The highest BCUT2D eigenvalue weighted by Gasteiger charge is 2.38. The van der Waals surface area contributed by atoms with E-state index in [1.807, 2.05) is 44.2 Å². The Morgan fingerprint density at radius 2 is 1.72 bits per heavy atom. The molecule has 0 spiro atoms. The molecule has 3 aromatic carbocycles. The highest BCUT2D eigenvalue weighted by Crippen LogP contribution is 2.50. The summed E-state index contributed by atoms with van der Waals surface area (Å²) < 4.78 is 29.2. The van der Waals surface area contributed by atoms with Gasteiger partial charge in [-0.2, -0.15) is 0 Å². The number of anilines is 2. The lowest BCUT2D eigenvalue weighted by Crippen LogP contribution is -2.29. The molecule has 2 aliphatic rings. The highest BCUT2D eigenvalue weighted by atomic mass is 32.2. The average molecular weight is 445 g/mol. The molecule has 0 radical (unpaired) electrons. The quantitative estimate of drug-likeness (QED) is 0.468. The van der Waals surface area contributed by atoms with Crippen LogP contribution in [0.1, 0.15) is 46.2 Å². The van der Waals surface area contributed by atoms with Crippen molar-refractivity contribution in [2.45, 2.75) is 44.0 Å². The van der Waals surface area contributed by atoms with Gasteiger partial charge >= 0.3 is 0 Å². The maximum Gasteiger partial charge on any atom is 0.261 e. The Morgan fingerprint density at radius 3 is 2.50 bits per heavy atom. The van der Waals surface area contributed by atoms with Gasteiger partial charge in [-0.3, -0.25) is 4.72 Å². The molecule has 1 aliphatic heterocycles. The van der Waals surface area contributed by atoms with Crippen molar-refractivity contribution in [2.75, 3.05) is 10.0 Å². The molecule has 5 heteroatoms. The second-order valence-electron chi connectivity index (χ2n) is 9.01. The van der Waals surface area contributed by atoms with E-state index in [0.717, 1.165) is 28.8 Å². The predicted octanol–water partition coefficient (Wildman–Crippen LogP) is 6.24. The van der Waals surface area contributed by atoms with Gasteiger partial charge in [0.2, 0.25) is 0 Å². The SMILES string of the molecule is Cc1ccc(NS(=O)(=O)c2ccc3c(c2)C2C=CCC2C(c2ccccc2C)N3)c(C)c1. The van der Waals surface area contributed by atoms with Crippen LogP contribution in [0.15, 0.2) is 77.7 Å². The van der Waals surface area contributed by atoms with E-state index in [2.05, 4.69) is 53.4 Å². The highest BCUT2D eigenvalue weighted by molar-refractivity contribution is 7.92. The van der Waals surface area contributed by atoms with Crippen LogP contribution in [-0.4, -0.2) is 8.42 Å². The second kappa shape index (κ2) is 7.82. The molecule has 1 aliphatic carbocycles. The lowest BCUT2D eigenvalue weighted by atomic mass is 9.76. The van der Waals surface area contributed by atoms with E-state index in [9.17, 15) is 8.42 Å². The molecular formula is C27H28N2O2S. The summed E-state index contributed by atoms with van der Waals surface area (Å²) in [5, 5.41) is 3.71. The Morgan fingerprint density at radius 1 is 0.906 bits per heavy atom. The Hall–Kier alpha value is -3.05. The van der Waals surface area contributed by atoms with Crippen LogP contribution in [0.2, 0.25) is 0 Å². The molecule has 0 saturated heterocycles. The van der Waals surface area contributed by atoms with Gasteiger partial charge in [0.1, 0.15) is 0 Å². The third-order valence-corrected chi connectivity index (χ3v) is 8.16. The van der Waals surface area contributed by atoms with Gasteiger partial charge in [0, 0.05) is 11.6 Å². The van der Waals surface area contributed by atoms with Crippen molar-refractivity contribution in [1.29, 1.82) is 0 Å². The van der Waals surface area contributed by atoms with Crippen molar-refractivity contribution in [3.8, 4) is 0 Å². The Balaban J connectivity index is 1.50. The van der Waals surface area contributed by atoms with Crippen LogP contribution in [0.3, 0.4) is 0 Å². The van der Waals surface area contributed by atoms with Crippen molar-refractivity contribution < 1.29 is 8.42 Å². The molecule has 2 N–H and O–H groups in total. The third-order valence-electron chi connectivity index (χ3n) is 6.79. The number of hydrogen-bond acceptors (Lipinski definition) is 3. The van der Waals surface area contributed by atoms with Crippen molar-refractivity contribution in [1.82, 2.24) is 0 Å². The van der Waals surface area contributed by atoms with E-state index in [1.54, 1.807) is 6.07 Å². The number of sulfonamides is 1. The summed E-state index contributed by atoms with van der Waals surface area (Å²) in [7, 11) is -3.69. The number of allylic oxidation sites excluding steroid dienone is 2. The van der Waals surface area contributed by atoms with Gasteiger partial charge in [0.15, 0.2) is 0 Å². The summed E-state index contributed by atoms with van der Waals surface area (Å²) in [5.74, 6) is 0.570. The fraction of sp³-hybridized carbons (Fsp3) is 0.259. The molecule has 32 heavy (non-hydrogen) atoms. The molecule has 5 rings (SSSR count). The summed E-state index contributed by atoms with van der Waals surface area (Å²) >= 11 is 0. The van der Waals surface area contributed by atoms with E-state index in [-0.39, 0.29) is 12.0 Å². The zero-order valence-corrected chi connectivity index (χ0v) is 19.4. The third kappa shape index (κ3) is 3.61. The molecule has 0 amide bonds. The molecule has 0 saturated carbocycles. The number of benzene rings is 3. The molecule has 164 valence electrons. The number of fused-ring (bicyclic) bond motifs is 3. The molecule has 3 aromatic rings. The number of nitrogens with one attached hydrogen (secondary N) is 2. The zero-order valence-electron chi connectivity index (χ0n) is 18.6. The number of aryl methyl sites for hydroxylation is 3. The predicted molar refractivity (Wildman–Crippen MR) is 131 cm³/mol. The fourth-order valence-electron chi connectivity index (χ4n) is 5.12. The van der Waals surface area contributed by atoms with Crippen molar-refractivity contribution in [3.63, 3.8) is 0 Å². The molecule has 1 heterocycles. The maximum atomic E-state index is 13.2. The topological polar surface area (TPSA) is 58.2 Å². The van der Waals surface area contributed by atoms with Gasteiger partial charge in [-0.15, -0.1) is 0 Å². The molecule has 3 atom stereocenters. The van der Waals surface area contributed by atoms with Crippen LogP contribution in [-0.2, 0) is 10.0 Å². The molecule has 3 unspecified atom stereocenters. The van der Waals surface area contributed by atoms with Gasteiger partial charge in [-0.25, -0.2) is 8.42 Å². The Labute approximate surface area is 190 Å². The van der Waals surface area contributed by atoms with Crippen LogP contribution in [0.25, 0.3) is 0 Å². The average Bonchev–Trinajstić information content (AvgIpc) is 3.26. The van der Waals surface area contributed by atoms with Crippen LogP contribution in [0.5, 0.6) is 0 Å². The van der Waals surface area contributed by atoms with Gasteiger partial charge in [0.05, 0.1) is 16.6 Å². The molecule has 0 bridgehead atoms. The molecule has 0 fully saturated rings. The van der Waals surface area contributed by atoms with Crippen LogP contribution in [0.4, 0.5) is 11.4 Å². The lowest BCUT2D eigenvalue weighted by Gasteiger charge is -2.38. The van der Waals surface area contributed by atoms with Gasteiger partial charge in [-0.05, 0) is 79.6 Å². The number of rotatable bonds is 4. The smallest absolute Gasteiger partial charge is 0.261 e. The minimum Gasteiger partial charge on any atom is -0.378 e. The lowest BCUT2D eigenvalue weighted by molar-refractivity contribution is 0.424.